The molecule has 0 unspecified atom stereocenters. The van der Waals surface area contributed by atoms with Crippen LogP contribution in [0.3, 0.4) is 0 Å². The molecule has 9 nitrogen and oxygen atoms in total. The predicted molar refractivity (Wildman–Crippen MR) is 87.5 cm³/mol. The summed E-state index contributed by atoms with van der Waals surface area (Å²) >= 11 is 1.46. The van der Waals surface area contributed by atoms with E-state index in [9.17, 15) is 15.0 Å². The minimum Gasteiger partial charge on any atom is -0.394 e. The number of nitrogens with one attached hydrogen (secondary N) is 1. The normalized spacial score (nSPS) is 24.0. The largest absolute Gasteiger partial charge is 0.394 e. The molecule has 0 amide bonds. The molecule has 24 heavy (non-hydrogen) atoms. The summed E-state index contributed by atoms with van der Waals surface area (Å²) in [7, 11) is 0. The number of aromatic amines is 1. The summed E-state index contributed by atoms with van der Waals surface area (Å²) in [6.07, 6.45) is -1.85. The summed E-state index contributed by atoms with van der Waals surface area (Å²) in [5.74, 6) is 0.489. The Labute approximate surface area is 139 Å². The molecule has 0 spiro atoms. The third-order valence-corrected chi connectivity index (χ3v) is 4.85. The molecular formula is C14H15N5O4S. The Kier molecular flexibility index (Phi) is 3.61. The van der Waals surface area contributed by atoms with E-state index in [0.29, 0.717) is 5.82 Å². The van der Waals surface area contributed by atoms with Crippen LogP contribution in [0.4, 0.5) is 5.95 Å². The number of hydrogen-bond donors (Lipinski definition) is 4. The van der Waals surface area contributed by atoms with Gasteiger partial charge in [0, 0.05) is 6.42 Å². The Morgan fingerprint density at radius 2 is 2.33 bits per heavy atom. The molecule has 1 aliphatic heterocycles. The van der Waals surface area contributed by atoms with Gasteiger partial charge in [0.2, 0.25) is 5.95 Å². The average Bonchev–Trinajstić information content (AvgIpc) is 3.24. The Bertz CT molecular complexity index is 935. The van der Waals surface area contributed by atoms with Crippen LogP contribution in [0.15, 0.2) is 22.3 Å². The van der Waals surface area contributed by atoms with Crippen molar-refractivity contribution in [3.8, 4) is 10.7 Å². The van der Waals surface area contributed by atoms with Gasteiger partial charge in [0.1, 0.15) is 12.3 Å². The lowest BCUT2D eigenvalue weighted by Crippen LogP contribution is -2.24. The van der Waals surface area contributed by atoms with E-state index in [1.54, 1.807) is 4.57 Å². The number of hydrogen-bond acceptors (Lipinski definition) is 8. The Balaban J connectivity index is 1.95. The first-order valence-electron chi connectivity index (χ1n) is 7.34. The van der Waals surface area contributed by atoms with Gasteiger partial charge in [-0.3, -0.25) is 14.3 Å². The first-order valence-corrected chi connectivity index (χ1v) is 8.22. The number of nitrogens with zero attached hydrogens (tertiary/aromatic N) is 3. The molecule has 3 aromatic heterocycles. The van der Waals surface area contributed by atoms with Gasteiger partial charge < -0.3 is 20.7 Å². The molecule has 10 heteroatoms. The van der Waals surface area contributed by atoms with Crippen LogP contribution < -0.4 is 11.3 Å². The molecule has 4 rings (SSSR count). The first kappa shape index (κ1) is 15.3. The van der Waals surface area contributed by atoms with Gasteiger partial charge in [-0.25, -0.2) is 4.98 Å². The van der Waals surface area contributed by atoms with Crippen molar-refractivity contribution in [2.75, 3.05) is 12.3 Å². The zero-order chi connectivity index (χ0) is 16.8. The molecule has 0 radical (unpaired) electrons. The summed E-state index contributed by atoms with van der Waals surface area (Å²) in [6, 6.07) is 3.74. The zero-order valence-electron chi connectivity index (χ0n) is 12.4. The number of rotatable bonds is 3. The Hall–Kier alpha value is -2.27. The minimum absolute atomic E-state index is 0.0244. The second-order valence-corrected chi connectivity index (χ2v) is 6.47. The molecule has 1 saturated heterocycles. The molecule has 0 bridgehead atoms. The number of fused-ring (bicyclic) bond motifs is 1. The number of thiophene rings is 1. The van der Waals surface area contributed by atoms with Crippen molar-refractivity contribution in [3.63, 3.8) is 0 Å². The van der Waals surface area contributed by atoms with E-state index in [0.717, 1.165) is 4.88 Å². The number of nitrogens with two attached hydrogens (primary N) is 1. The van der Waals surface area contributed by atoms with Crippen LogP contribution in [0.25, 0.3) is 21.9 Å². The molecule has 3 atom stereocenters. The lowest BCUT2D eigenvalue weighted by molar-refractivity contribution is -0.0426. The van der Waals surface area contributed by atoms with Gasteiger partial charge in [-0.05, 0) is 11.4 Å². The van der Waals surface area contributed by atoms with Gasteiger partial charge in [0.15, 0.2) is 17.0 Å². The number of anilines is 1. The Morgan fingerprint density at radius 1 is 1.50 bits per heavy atom. The van der Waals surface area contributed by atoms with Crippen LogP contribution in [0.1, 0.15) is 12.6 Å². The number of aromatic nitrogens is 4. The summed E-state index contributed by atoms with van der Waals surface area (Å²) in [5.41, 5.74) is 5.67. The van der Waals surface area contributed by atoms with Crippen molar-refractivity contribution in [1.29, 1.82) is 0 Å². The van der Waals surface area contributed by atoms with Crippen LogP contribution in [0.5, 0.6) is 0 Å². The van der Waals surface area contributed by atoms with Crippen molar-refractivity contribution >= 4 is 28.4 Å². The van der Waals surface area contributed by atoms with E-state index in [4.69, 9.17) is 10.5 Å². The third-order valence-electron chi connectivity index (χ3n) is 3.98. The van der Waals surface area contributed by atoms with Crippen LogP contribution >= 0.6 is 11.3 Å². The van der Waals surface area contributed by atoms with Crippen LogP contribution in [0, 0.1) is 0 Å². The topological polar surface area (TPSA) is 139 Å². The van der Waals surface area contributed by atoms with Gasteiger partial charge in [-0.1, -0.05) is 6.07 Å². The quantitative estimate of drug-likeness (QED) is 0.525. The Morgan fingerprint density at radius 3 is 3.00 bits per heavy atom. The fourth-order valence-corrected chi connectivity index (χ4v) is 3.60. The van der Waals surface area contributed by atoms with Crippen LogP contribution in [-0.4, -0.2) is 48.5 Å². The second kappa shape index (κ2) is 5.67. The van der Waals surface area contributed by atoms with Crippen molar-refractivity contribution in [3.05, 3.63) is 27.9 Å². The molecule has 1 aliphatic rings. The lowest BCUT2D eigenvalue weighted by atomic mass is 10.2. The predicted octanol–water partition coefficient (Wildman–Crippen LogP) is 0.0710. The SMILES string of the molecule is Nc1nc2c(nc(-c3cccs3)n2[C@H]2C[C@H](O)[C@@H](CO)O2)c(=O)[nH]1. The molecule has 5 N–H and O–H groups in total. The summed E-state index contributed by atoms with van der Waals surface area (Å²) in [5, 5.41) is 21.2. The molecular weight excluding hydrogens is 334 g/mol. The van der Waals surface area contributed by atoms with E-state index in [1.807, 2.05) is 17.5 Å². The first-order chi connectivity index (χ1) is 11.6. The fourth-order valence-electron chi connectivity index (χ4n) is 2.89. The number of imidazole rings is 1. The maximum Gasteiger partial charge on any atom is 0.280 e. The molecule has 126 valence electrons. The molecule has 4 heterocycles. The van der Waals surface area contributed by atoms with Crippen LogP contribution in [0.2, 0.25) is 0 Å². The highest BCUT2D eigenvalue weighted by molar-refractivity contribution is 7.13. The van der Waals surface area contributed by atoms with E-state index in [1.165, 1.54) is 11.3 Å². The monoisotopic (exact) mass is 349 g/mol. The zero-order valence-corrected chi connectivity index (χ0v) is 13.2. The standard InChI is InChI=1S/C14H15N5O4S/c15-14-17-12-10(13(22)18-14)16-11(8-2-1-3-24-8)19(12)9-4-6(21)7(5-20)23-9/h1-3,6-7,9,20-21H,4-5H2,(H3,15,17,18,22)/t6-,7+,9+/m0/s1. The highest BCUT2D eigenvalue weighted by Crippen LogP contribution is 2.36. The van der Waals surface area contributed by atoms with Crippen LogP contribution in [-0.2, 0) is 4.74 Å². The number of aliphatic hydroxyl groups excluding tert-OH is 2. The highest BCUT2D eigenvalue weighted by atomic mass is 32.1. The fraction of sp³-hybridized carbons (Fsp3) is 0.357. The summed E-state index contributed by atoms with van der Waals surface area (Å²) in [4.78, 5) is 24.0. The summed E-state index contributed by atoms with van der Waals surface area (Å²) in [6.45, 7) is -0.297. The molecule has 0 aliphatic carbocycles. The number of ether oxygens (including phenoxy) is 1. The van der Waals surface area contributed by atoms with Gasteiger partial charge in [0.05, 0.1) is 17.6 Å². The molecule has 3 aromatic rings. The van der Waals surface area contributed by atoms with Gasteiger partial charge in [0.25, 0.3) is 5.56 Å². The third kappa shape index (κ3) is 2.31. The molecule has 0 saturated carbocycles. The number of H-pyrrole nitrogens is 1. The second-order valence-electron chi connectivity index (χ2n) is 5.52. The van der Waals surface area contributed by atoms with Crippen molar-refractivity contribution in [2.45, 2.75) is 24.9 Å². The van der Waals surface area contributed by atoms with Crippen molar-refractivity contribution in [1.82, 2.24) is 19.5 Å². The summed E-state index contributed by atoms with van der Waals surface area (Å²) < 4.78 is 7.39. The molecule has 1 fully saturated rings. The van der Waals surface area contributed by atoms with E-state index >= 15 is 0 Å². The maximum atomic E-state index is 12.2. The smallest absolute Gasteiger partial charge is 0.280 e. The number of nitrogen functional groups attached to an aromatic ring is 1. The van der Waals surface area contributed by atoms with Gasteiger partial charge >= 0.3 is 0 Å². The van der Waals surface area contributed by atoms with Gasteiger partial charge in [-0.2, -0.15) is 4.98 Å². The van der Waals surface area contributed by atoms with Crippen molar-refractivity contribution < 1.29 is 14.9 Å². The van der Waals surface area contributed by atoms with E-state index in [2.05, 4.69) is 15.0 Å². The van der Waals surface area contributed by atoms with E-state index in [-0.39, 0.29) is 30.1 Å². The maximum absolute atomic E-state index is 12.2. The van der Waals surface area contributed by atoms with E-state index < -0.39 is 24.0 Å². The highest BCUT2D eigenvalue weighted by Gasteiger charge is 2.37. The minimum atomic E-state index is -0.812. The van der Waals surface area contributed by atoms with Gasteiger partial charge in [-0.15, -0.1) is 11.3 Å². The average molecular weight is 349 g/mol. The van der Waals surface area contributed by atoms with Crippen molar-refractivity contribution in [2.24, 2.45) is 0 Å². The lowest BCUT2D eigenvalue weighted by Gasteiger charge is -2.16. The number of aliphatic hydroxyl groups is 2. The molecule has 0 aromatic carbocycles.